The summed E-state index contributed by atoms with van der Waals surface area (Å²) in [4.78, 5) is 31.9. The number of aromatic nitrogens is 5. The molecule has 4 rings (SSSR count). The Morgan fingerprint density at radius 2 is 2.04 bits per heavy atom. The van der Waals surface area contributed by atoms with Gasteiger partial charge in [0.15, 0.2) is 0 Å². The molecular weight excluding hydrogens is 358 g/mol. The summed E-state index contributed by atoms with van der Waals surface area (Å²) >= 11 is 0. The molecule has 144 valence electrons. The lowest BCUT2D eigenvalue weighted by Gasteiger charge is -2.22. The maximum atomic E-state index is 13.0. The van der Waals surface area contributed by atoms with E-state index in [9.17, 15) is 4.79 Å². The van der Waals surface area contributed by atoms with E-state index in [2.05, 4.69) is 25.1 Å². The van der Waals surface area contributed by atoms with Crippen molar-refractivity contribution in [1.82, 2.24) is 30.0 Å². The van der Waals surface area contributed by atoms with Crippen molar-refractivity contribution in [2.45, 2.75) is 39.2 Å². The molecule has 1 saturated heterocycles. The second kappa shape index (κ2) is 7.34. The van der Waals surface area contributed by atoms with Crippen LogP contribution in [0.5, 0.6) is 0 Å². The zero-order chi connectivity index (χ0) is 19.7. The highest BCUT2D eigenvalue weighted by Crippen LogP contribution is 2.32. The zero-order valence-electron chi connectivity index (χ0n) is 15.8. The fourth-order valence-corrected chi connectivity index (χ4v) is 3.57. The number of pyridine rings is 1. The van der Waals surface area contributed by atoms with E-state index in [0.717, 1.165) is 29.8 Å². The van der Waals surface area contributed by atoms with Crippen molar-refractivity contribution in [2.75, 3.05) is 12.3 Å². The predicted octanol–water partition coefficient (Wildman–Crippen LogP) is 2.03. The summed E-state index contributed by atoms with van der Waals surface area (Å²) in [6.07, 6.45) is 3.56. The number of hydrogen-bond donors (Lipinski definition) is 1. The van der Waals surface area contributed by atoms with Crippen molar-refractivity contribution in [3.63, 3.8) is 0 Å². The Labute approximate surface area is 162 Å². The van der Waals surface area contributed by atoms with Gasteiger partial charge in [-0.15, -0.1) is 0 Å². The molecule has 0 unspecified atom stereocenters. The smallest absolute Gasteiger partial charge is 0.249 e. The molecule has 0 spiro atoms. The average molecular weight is 379 g/mol. The molecule has 1 atom stereocenters. The van der Waals surface area contributed by atoms with Crippen molar-refractivity contribution < 1.29 is 9.32 Å². The number of rotatable bonds is 4. The van der Waals surface area contributed by atoms with Crippen LogP contribution in [0.4, 0.5) is 5.95 Å². The first kappa shape index (κ1) is 18.0. The molecule has 0 aromatic carbocycles. The van der Waals surface area contributed by atoms with Crippen molar-refractivity contribution >= 4 is 11.9 Å². The topological polar surface area (TPSA) is 124 Å². The molecule has 28 heavy (non-hydrogen) atoms. The van der Waals surface area contributed by atoms with Crippen molar-refractivity contribution in [3.8, 4) is 11.5 Å². The first-order valence-electron chi connectivity index (χ1n) is 9.17. The number of anilines is 1. The first-order chi connectivity index (χ1) is 13.5. The highest BCUT2D eigenvalue weighted by Gasteiger charge is 2.34. The SMILES string of the molecule is Cc1nc(N)nc(C)c1CC(=O)N1CCC[C@@H]1c1nc(-c2ccccn2)no1. The highest BCUT2D eigenvalue weighted by atomic mass is 16.5. The maximum Gasteiger partial charge on any atom is 0.249 e. The molecule has 1 amide bonds. The van der Waals surface area contributed by atoms with Crippen LogP contribution in [0.15, 0.2) is 28.9 Å². The summed E-state index contributed by atoms with van der Waals surface area (Å²) in [5, 5.41) is 4.03. The lowest BCUT2D eigenvalue weighted by Crippen LogP contribution is -2.32. The van der Waals surface area contributed by atoms with Crippen LogP contribution in [0.2, 0.25) is 0 Å². The Morgan fingerprint density at radius 3 is 2.75 bits per heavy atom. The van der Waals surface area contributed by atoms with Gasteiger partial charge in [-0.2, -0.15) is 4.98 Å². The molecular formula is C19H21N7O2. The molecule has 1 aliphatic heterocycles. The quantitative estimate of drug-likeness (QED) is 0.730. The molecule has 0 saturated carbocycles. The van der Waals surface area contributed by atoms with Gasteiger partial charge in [-0.3, -0.25) is 9.78 Å². The molecule has 9 nitrogen and oxygen atoms in total. The van der Waals surface area contributed by atoms with E-state index in [0.29, 0.717) is 24.0 Å². The van der Waals surface area contributed by atoms with Gasteiger partial charge in [0.2, 0.25) is 23.6 Å². The van der Waals surface area contributed by atoms with Gasteiger partial charge >= 0.3 is 0 Å². The van der Waals surface area contributed by atoms with Crippen LogP contribution < -0.4 is 5.73 Å². The van der Waals surface area contributed by atoms with Crippen LogP contribution in [-0.4, -0.2) is 42.4 Å². The Balaban J connectivity index is 1.54. The molecule has 3 aromatic rings. The van der Waals surface area contributed by atoms with Gasteiger partial charge in [-0.1, -0.05) is 11.2 Å². The van der Waals surface area contributed by atoms with Crippen molar-refractivity contribution in [1.29, 1.82) is 0 Å². The molecule has 1 fully saturated rings. The minimum absolute atomic E-state index is 0.0142. The molecule has 0 radical (unpaired) electrons. The number of nitrogens with zero attached hydrogens (tertiary/aromatic N) is 6. The zero-order valence-corrected chi connectivity index (χ0v) is 15.8. The van der Waals surface area contributed by atoms with Crippen LogP contribution in [0, 0.1) is 13.8 Å². The minimum Gasteiger partial charge on any atom is -0.368 e. The van der Waals surface area contributed by atoms with E-state index in [1.165, 1.54) is 0 Å². The van der Waals surface area contributed by atoms with Gasteiger partial charge in [-0.25, -0.2) is 9.97 Å². The summed E-state index contributed by atoms with van der Waals surface area (Å²) in [6.45, 7) is 4.33. The highest BCUT2D eigenvalue weighted by molar-refractivity contribution is 5.80. The second-order valence-corrected chi connectivity index (χ2v) is 6.82. The second-order valence-electron chi connectivity index (χ2n) is 6.82. The van der Waals surface area contributed by atoms with Crippen LogP contribution in [0.25, 0.3) is 11.5 Å². The maximum absolute atomic E-state index is 13.0. The molecule has 2 N–H and O–H groups in total. The number of amides is 1. The third kappa shape index (κ3) is 3.42. The first-order valence-corrected chi connectivity index (χ1v) is 9.17. The van der Waals surface area contributed by atoms with Crippen LogP contribution in [0.1, 0.15) is 41.7 Å². The largest absolute Gasteiger partial charge is 0.368 e. The van der Waals surface area contributed by atoms with E-state index in [1.807, 2.05) is 32.0 Å². The van der Waals surface area contributed by atoms with Crippen LogP contribution in [-0.2, 0) is 11.2 Å². The Kier molecular flexibility index (Phi) is 4.72. The van der Waals surface area contributed by atoms with Crippen molar-refractivity contribution in [3.05, 3.63) is 47.2 Å². The number of hydrogen-bond acceptors (Lipinski definition) is 8. The lowest BCUT2D eigenvalue weighted by molar-refractivity contribution is -0.131. The van der Waals surface area contributed by atoms with E-state index in [4.69, 9.17) is 10.3 Å². The standard InChI is InChI=1S/C19H21N7O2/c1-11-13(12(2)23-19(20)22-11)10-16(27)26-9-5-7-15(26)18-24-17(25-28-18)14-6-3-4-8-21-14/h3-4,6,8,15H,5,7,9-10H2,1-2H3,(H2,20,22,23)/t15-/m1/s1. The molecule has 0 bridgehead atoms. The van der Waals surface area contributed by atoms with Gasteiger partial charge < -0.3 is 15.2 Å². The predicted molar refractivity (Wildman–Crippen MR) is 101 cm³/mol. The summed E-state index contributed by atoms with van der Waals surface area (Å²) in [5.74, 6) is 1.07. The number of carbonyl (C=O) groups is 1. The fourth-order valence-electron chi connectivity index (χ4n) is 3.57. The van der Waals surface area contributed by atoms with Gasteiger partial charge in [0, 0.05) is 29.7 Å². The lowest BCUT2D eigenvalue weighted by atomic mass is 10.1. The molecule has 9 heteroatoms. The van der Waals surface area contributed by atoms with Crippen molar-refractivity contribution in [2.24, 2.45) is 0 Å². The summed E-state index contributed by atoms with van der Waals surface area (Å²) in [6, 6.07) is 5.28. The average Bonchev–Trinajstić information content (AvgIpc) is 3.34. The number of likely N-dealkylation sites (tertiary alicyclic amines) is 1. The number of nitrogens with two attached hydrogens (primary N) is 1. The third-order valence-electron chi connectivity index (χ3n) is 4.96. The monoisotopic (exact) mass is 379 g/mol. The Morgan fingerprint density at radius 1 is 1.25 bits per heavy atom. The number of aryl methyl sites for hydroxylation is 2. The third-order valence-corrected chi connectivity index (χ3v) is 4.96. The Bertz CT molecular complexity index is 980. The molecule has 4 heterocycles. The number of nitrogen functional groups attached to an aromatic ring is 1. The summed E-state index contributed by atoms with van der Waals surface area (Å²) in [7, 11) is 0. The minimum atomic E-state index is -0.229. The normalized spacial score (nSPS) is 16.5. The van der Waals surface area contributed by atoms with Crippen LogP contribution in [0.3, 0.4) is 0 Å². The van der Waals surface area contributed by atoms with Crippen LogP contribution >= 0.6 is 0 Å². The molecule has 0 aliphatic carbocycles. The molecule has 3 aromatic heterocycles. The van der Waals surface area contributed by atoms with E-state index >= 15 is 0 Å². The Hall–Kier alpha value is -3.36. The van der Waals surface area contributed by atoms with E-state index in [-0.39, 0.29) is 24.3 Å². The summed E-state index contributed by atoms with van der Waals surface area (Å²) < 4.78 is 5.46. The fraction of sp³-hybridized carbons (Fsp3) is 0.368. The van der Waals surface area contributed by atoms with Gasteiger partial charge in [0.05, 0.1) is 6.42 Å². The van der Waals surface area contributed by atoms with E-state index < -0.39 is 0 Å². The van der Waals surface area contributed by atoms with E-state index in [1.54, 1.807) is 11.1 Å². The van der Waals surface area contributed by atoms with Gasteiger partial charge in [0.25, 0.3) is 0 Å². The molecule has 1 aliphatic rings. The van der Waals surface area contributed by atoms with Gasteiger partial charge in [0.1, 0.15) is 11.7 Å². The number of carbonyl (C=O) groups excluding carboxylic acids is 1. The summed E-state index contributed by atoms with van der Waals surface area (Å²) in [5.41, 5.74) is 8.58. The van der Waals surface area contributed by atoms with Gasteiger partial charge in [-0.05, 0) is 38.8 Å².